The molecule has 0 radical (unpaired) electrons. The van der Waals surface area contributed by atoms with Gasteiger partial charge in [-0.15, -0.1) is 5.10 Å². The minimum atomic E-state index is -1.06. The number of fused-ring (bicyclic) bond motifs is 1. The van der Waals surface area contributed by atoms with Crippen molar-refractivity contribution in [1.82, 2.24) is 19.7 Å². The van der Waals surface area contributed by atoms with E-state index in [4.69, 9.17) is 9.47 Å². The van der Waals surface area contributed by atoms with E-state index in [-0.39, 0.29) is 0 Å². The van der Waals surface area contributed by atoms with Crippen molar-refractivity contribution in [2.45, 2.75) is 39.3 Å². The van der Waals surface area contributed by atoms with E-state index in [1.807, 2.05) is 35.8 Å². The Labute approximate surface area is 148 Å². The first-order valence-corrected chi connectivity index (χ1v) is 12.1. The van der Waals surface area contributed by atoms with Crippen molar-refractivity contribution >= 4 is 19.1 Å². The number of nitrogens with zero attached hydrogens (tertiary/aromatic N) is 4. The van der Waals surface area contributed by atoms with Gasteiger partial charge in [0, 0.05) is 26.8 Å². The first-order chi connectivity index (χ1) is 11.9. The number of aromatic nitrogens is 4. The normalized spacial score (nSPS) is 11.8. The molecule has 0 saturated carbocycles. The van der Waals surface area contributed by atoms with E-state index in [1.165, 1.54) is 0 Å². The third kappa shape index (κ3) is 4.87. The van der Waals surface area contributed by atoms with Crippen molar-refractivity contribution in [3.05, 3.63) is 42.4 Å². The Morgan fingerprint density at radius 1 is 1.08 bits per heavy atom. The van der Waals surface area contributed by atoms with Crippen LogP contribution in [0.2, 0.25) is 25.7 Å². The first kappa shape index (κ1) is 17.6. The van der Waals surface area contributed by atoms with Crippen LogP contribution in [0.25, 0.3) is 11.0 Å². The molecule has 2 heterocycles. The first-order valence-electron chi connectivity index (χ1n) is 8.41. The van der Waals surface area contributed by atoms with E-state index < -0.39 is 8.07 Å². The lowest BCUT2D eigenvalue weighted by molar-refractivity contribution is 0.0898. The summed E-state index contributed by atoms with van der Waals surface area (Å²) in [7, 11) is -1.06. The molecule has 0 bridgehead atoms. The van der Waals surface area contributed by atoms with Crippen LogP contribution >= 0.6 is 0 Å². The summed E-state index contributed by atoms with van der Waals surface area (Å²) >= 11 is 0. The molecule has 0 saturated heterocycles. The monoisotopic (exact) mass is 356 g/mol. The van der Waals surface area contributed by atoms with Crippen LogP contribution in [0.1, 0.15) is 5.69 Å². The van der Waals surface area contributed by atoms with Crippen LogP contribution in [0.4, 0.5) is 0 Å². The lowest BCUT2D eigenvalue weighted by Gasteiger charge is -2.15. The molecule has 2 aromatic heterocycles. The highest BCUT2D eigenvalue weighted by Crippen LogP contribution is 2.24. The van der Waals surface area contributed by atoms with Crippen molar-refractivity contribution in [3.63, 3.8) is 0 Å². The lowest BCUT2D eigenvalue weighted by Crippen LogP contribution is -2.21. The molecular formula is C18H24N4O2Si. The van der Waals surface area contributed by atoms with Crippen molar-refractivity contribution < 1.29 is 9.47 Å². The molecule has 0 fully saturated rings. The maximum Gasteiger partial charge on any atom is 0.238 e. The van der Waals surface area contributed by atoms with Gasteiger partial charge in [-0.2, -0.15) is 5.10 Å². The van der Waals surface area contributed by atoms with Crippen LogP contribution in [0.5, 0.6) is 11.6 Å². The predicted octanol–water partition coefficient (Wildman–Crippen LogP) is 4.24. The van der Waals surface area contributed by atoms with Gasteiger partial charge in [-0.25, -0.2) is 4.98 Å². The molecule has 132 valence electrons. The molecule has 0 aliphatic heterocycles. The fourth-order valence-corrected chi connectivity index (χ4v) is 3.07. The molecule has 0 amide bonds. The standard InChI is InChI=1S/C18H24N4O2Si/c1-14-5-8-18(21-20-14)24-15-6-7-17-16(11-15)19-12-22(17)13-23-9-10-25(2,3)4/h5-8,11-12H,9-10,13H2,1-4H3. The third-order valence-electron chi connectivity index (χ3n) is 3.82. The molecule has 0 unspecified atom stereocenters. The maximum absolute atomic E-state index is 5.81. The fourth-order valence-electron chi connectivity index (χ4n) is 2.31. The molecular weight excluding hydrogens is 332 g/mol. The second-order valence-electron chi connectivity index (χ2n) is 7.33. The summed E-state index contributed by atoms with van der Waals surface area (Å²) in [6.07, 6.45) is 1.80. The van der Waals surface area contributed by atoms with Gasteiger partial charge in [0.05, 0.1) is 23.1 Å². The second kappa shape index (κ2) is 7.33. The van der Waals surface area contributed by atoms with Crippen LogP contribution in [-0.2, 0) is 11.5 Å². The summed E-state index contributed by atoms with van der Waals surface area (Å²) in [6, 6.07) is 10.6. The van der Waals surface area contributed by atoms with Gasteiger partial charge in [0.15, 0.2) is 0 Å². The number of benzene rings is 1. The Hall–Kier alpha value is -2.25. The molecule has 0 N–H and O–H groups in total. The molecule has 0 aliphatic carbocycles. The molecule has 7 heteroatoms. The van der Waals surface area contributed by atoms with Crippen molar-refractivity contribution in [2.24, 2.45) is 0 Å². The zero-order valence-electron chi connectivity index (χ0n) is 15.2. The van der Waals surface area contributed by atoms with Crippen LogP contribution in [0.3, 0.4) is 0 Å². The van der Waals surface area contributed by atoms with Gasteiger partial charge >= 0.3 is 0 Å². The second-order valence-corrected chi connectivity index (χ2v) is 12.9. The van der Waals surface area contributed by atoms with Crippen LogP contribution < -0.4 is 4.74 Å². The largest absolute Gasteiger partial charge is 0.437 e. The maximum atomic E-state index is 5.81. The Morgan fingerprint density at radius 3 is 2.64 bits per heavy atom. The fraction of sp³-hybridized carbons (Fsp3) is 0.389. The number of ether oxygens (including phenoxy) is 2. The zero-order valence-corrected chi connectivity index (χ0v) is 16.2. The molecule has 1 aromatic carbocycles. The lowest BCUT2D eigenvalue weighted by atomic mass is 10.3. The number of rotatable bonds is 7. The molecule has 25 heavy (non-hydrogen) atoms. The SMILES string of the molecule is Cc1ccc(Oc2ccc3c(c2)ncn3COCC[Si](C)(C)C)nn1. The molecule has 0 atom stereocenters. The smallest absolute Gasteiger partial charge is 0.238 e. The van der Waals surface area contributed by atoms with E-state index in [9.17, 15) is 0 Å². The summed E-state index contributed by atoms with van der Waals surface area (Å²) in [5.74, 6) is 1.16. The van der Waals surface area contributed by atoms with Crippen LogP contribution in [-0.4, -0.2) is 34.4 Å². The van der Waals surface area contributed by atoms with E-state index >= 15 is 0 Å². The van der Waals surface area contributed by atoms with Crippen LogP contribution in [0, 0.1) is 6.92 Å². The van der Waals surface area contributed by atoms with Gasteiger partial charge in [-0.3, -0.25) is 0 Å². The quantitative estimate of drug-likeness (QED) is 0.468. The minimum absolute atomic E-state index is 0.471. The average Bonchev–Trinajstić information content (AvgIpc) is 2.95. The van der Waals surface area contributed by atoms with Gasteiger partial charge < -0.3 is 14.0 Å². The Kier molecular flexibility index (Phi) is 5.15. The van der Waals surface area contributed by atoms with Crippen molar-refractivity contribution in [2.75, 3.05) is 6.61 Å². The molecule has 3 aromatic rings. The highest BCUT2D eigenvalue weighted by molar-refractivity contribution is 6.76. The summed E-state index contributed by atoms with van der Waals surface area (Å²) in [6.45, 7) is 10.3. The Morgan fingerprint density at radius 2 is 1.92 bits per heavy atom. The van der Waals surface area contributed by atoms with Gasteiger partial charge in [-0.1, -0.05) is 19.6 Å². The van der Waals surface area contributed by atoms with Gasteiger partial charge in [0.2, 0.25) is 5.88 Å². The van der Waals surface area contributed by atoms with E-state index in [0.717, 1.165) is 29.4 Å². The predicted molar refractivity (Wildman–Crippen MR) is 101 cm³/mol. The van der Waals surface area contributed by atoms with Gasteiger partial charge in [0.25, 0.3) is 0 Å². The van der Waals surface area contributed by atoms with E-state index in [1.54, 1.807) is 12.4 Å². The minimum Gasteiger partial charge on any atom is -0.437 e. The molecule has 6 nitrogen and oxygen atoms in total. The number of aryl methyl sites for hydroxylation is 1. The van der Waals surface area contributed by atoms with Gasteiger partial charge in [-0.05, 0) is 31.2 Å². The van der Waals surface area contributed by atoms with Crippen LogP contribution in [0.15, 0.2) is 36.7 Å². The number of imidazole rings is 1. The Balaban J connectivity index is 1.65. The summed E-state index contributed by atoms with van der Waals surface area (Å²) in [5, 5.41) is 8.01. The molecule has 0 spiro atoms. The molecule has 0 aliphatic rings. The number of hydrogen-bond acceptors (Lipinski definition) is 5. The topological polar surface area (TPSA) is 62.1 Å². The summed E-state index contributed by atoms with van der Waals surface area (Å²) in [5.41, 5.74) is 2.75. The zero-order chi connectivity index (χ0) is 17.9. The average molecular weight is 357 g/mol. The van der Waals surface area contributed by atoms with E-state index in [0.29, 0.717) is 18.4 Å². The highest BCUT2D eigenvalue weighted by atomic mass is 28.3. The number of hydrogen-bond donors (Lipinski definition) is 0. The summed E-state index contributed by atoms with van der Waals surface area (Å²) in [4.78, 5) is 4.44. The van der Waals surface area contributed by atoms with Gasteiger partial charge in [0.1, 0.15) is 12.5 Å². The van der Waals surface area contributed by atoms with Crippen molar-refractivity contribution in [1.29, 1.82) is 0 Å². The summed E-state index contributed by atoms with van der Waals surface area (Å²) < 4.78 is 13.6. The van der Waals surface area contributed by atoms with E-state index in [2.05, 4.69) is 34.8 Å². The highest BCUT2D eigenvalue weighted by Gasteiger charge is 2.12. The third-order valence-corrected chi connectivity index (χ3v) is 5.52. The molecule has 3 rings (SSSR count). The Bertz CT molecular complexity index is 840. The van der Waals surface area contributed by atoms with Crippen molar-refractivity contribution in [3.8, 4) is 11.6 Å².